The molecule has 3 fully saturated rings. The van der Waals surface area contributed by atoms with Crippen LogP contribution in [0, 0.1) is 24.7 Å². The number of methoxy groups -OCH3 is 1. The van der Waals surface area contributed by atoms with Crippen molar-refractivity contribution in [1.82, 2.24) is 9.62 Å². The molecule has 5 rings (SSSR count). The van der Waals surface area contributed by atoms with Crippen LogP contribution in [-0.2, 0) is 35.4 Å². The van der Waals surface area contributed by atoms with E-state index in [1.807, 2.05) is 44.2 Å². The van der Waals surface area contributed by atoms with E-state index in [-0.39, 0.29) is 55.1 Å². The lowest BCUT2D eigenvalue weighted by Crippen LogP contribution is -2.52. The molecule has 2 aromatic carbocycles. The fraction of sp³-hybridized carbons (Fsp3) is 0.581. The van der Waals surface area contributed by atoms with Crippen molar-refractivity contribution in [3.8, 4) is 5.75 Å². The molecule has 12 heteroatoms. The van der Waals surface area contributed by atoms with Gasteiger partial charge in [-0.1, -0.05) is 44.2 Å². The highest BCUT2D eigenvalue weighted by molar-refractivity contribution is 7.89. The Bertz CT molecular complexity index is 1360. The van der Waals surface area contributed by atoms with Gasteiger partial charge in [-0.25, -0.2) is 13.2 Å². The van der Waals surface area contributed by atoms with E-state index in [4.69, 9.17) is 23.7 Å². The van der Waals surface area contributed by atoms with Gasteiger partial charge >= 0.3 is 6.09 Å². The molecule has 3 aliphatic rings. The van der Waals surface area contributed by atoms with Crippen LogP contribution in [0.1, 0.15) is 31.4 Å². The Morgan fingerprint density at radius 1 is 1.12 bits per heavy atom. The Hall–Kier alpha value is -2.74. The third kappa shape index (κ3) is 7.16. The highest BCUT2D eigenvalue weighted by Gasteiger charge is 2.56. The molecule has 7 atom stereocenters. The molecule has 3 heterocycles. The summed E-state index contributed by atoms with van der Waals surface area (Å²) in [6, 6.07) is 13.2. The number of aryl methyl sites for hydroxylation is 1. The zero-order valence-corrected chi connectivity index (χ0v) is 25.9. The van der Waals surface area contributed by atoms with Crippen molar-refractivity contribution in [3.63, 3.8) is 0 Å². The van der Waals surface area contributed by atoms with Crippen LogP contribution in [0.4, 0.5) is 4.79 Å². The minimum absolute atomic E-state index is 0.0147. The quantitative estimate of drug-likeness (QED) is 0.368. The van der Waals surface area contributed by atoms with E-state index in [1.165, 1.54) is 17.5 Å². The number of hydrogen-bond acceptors (Lipinski definition) is 9. The highest BCUT2D eigenvalue weighted by atomic mass is 32.2. The van der Waals surface area contributed by atoms with Gasteiger partial charge in [0.2, 0.25) is 10.0 Å². The lowest BCUT2D eigenvalue weighted by molar-refractivity contribution is -0.188. The first kappa shape index (κ1) is 31.7. The minimum Gasteiger partial charge on any atom is -0.496 e. The van der Waals surface area contributed by atoms with Gasteiger partial charge in [-0.2, -0.15) is 4.31 Å². The third-order valence-corrected chi connectivity index (χ3v) is 10.1. The molecule has 43 heavy (non-hydrogen) atoms. The molecule has 0 saturated carbocycles. The van der Waals surface area contributed by atoms with E-state index in [2.05, 4.69) is 5.32 Å². The minimum atomic E-state index is -3.98. The second kappa shape index (κ2) is 13.5. The number of benzene rings is 2. The average Bonchev–Trinajstić information content (AvgIpc) is 3.66. The number of nitrogens with zero attached hydrogens (tertiary/aromatic N) is 1. The van der Waals surface area contributed by atoms with Crippen LogP contribution in [0.5, 0.6) is 5.75 Å². The fourth-order valence-corrected chi connectivity index (χ4v) is 7.89. The lowest BCUT2D eigenvalue weighted by Gasteiger charge is -2.31. The maximum absolute atomic E-state index is 13.8. The van der Waals surface area contributed by atoms with Crippen molar-refractivity contribution in [2.45, 2.75) is 69.3 Å². The summed E-state index contributed by atoms with van der Waals surface area (Å²) in [7, 11) is -2.45. The van der Waals surface area contributed by atoms with Gasteiger partial charge in [0.15, 0.2) is 12.6 Å². The number of carbonyl (C=O) groups is 1. The standard InChI is InChI=1S/C31H42N2O9S/c1-19(2)16-33(43(36,37)22-10-11-26(38-4)20(3)14-22)17-25(34)24(15-21-8-6-5-7-9-21)32-31(35)41-27-18-40-30-28(27)23-12-13-39-29(23)42-30/h5-11,14,19,23-25,27-30,34H,12-13,15-18H2,1-4H3,(H,32,35)/t23-,24-,25+,27+,28+,29+,30+/m0/s1. The zero-order valence-electron chi connectivity index (χ0n) is 25.0. The molecular weight excluding hydrogens is 576 g/mol. The molecule has 11 nitrogen and oxygen atoms in total. The maximum atomic E-state index is 13.8. The summed E-state index contributed by atoms with van der Waals surface area (Å²) in [5.74, 6) is 0.529. The van der Waals surface area contributed by atoms with Gasteiger partial charge in [-0.05, 0) is 55.0 Å². The van der Waals surface area contributed by atoms with Crippen molar-refractivity contribution in [3.05, 3.63) is 59.7 Å². The zero-order chi connectivity index (χ0) is 30.7. The van der Waals surface area contributed by atoms with Gasteiger partial charge in [-0.3, -0.25) is 0 Å². The summed E-state index contributed by atoms with van der Waals surface area (Å²) in [4.78, 5) is 13.4. The Morgan fingerprint density at radius 2 is 1.88 bits per heavy atom. The number of rotatable bonds is 12. The first-order chi connectivity index (χ1) is 20.6. The predicted molar refractivity (Wildman–Crippen MR) is 157 cm³/mol. The molecule has 0 aliphatic carbocycles. The highest BCUT2D eigenvalue weighted by Crippen LogP contribution is 2.45. The van der Waals surface area contributed by atoms with Crippen LogP contribution in [0.25, 0.3) is 0 Å². The molecule has 0 spiro atoms. The van der Waals surface area contributed by atoms with E-state index in [1.54, 1.807) is 19.1 Å². The summed E-state index contributed by atoms with van der Waals surface area (Å²) in [5.41, 5.74) is 1.55. The molecule has 3 saturated heterocycles. The smallest absolute Gasteiger partial charge is 0.407 e. The number of fused-ring (bicyclic) bond motifs is 3. The first-order valence-corrected chi connectivity index (χ1v) is 16.2. The molecular formula is C31H42N2O9S. The van der Waals surface area contributed by atoms with Crippen molar-refractivity contribution in [1.29, 1.82) is 0 Å². The van der Waals surface area contributed by atoms with Crippen molar-refractivity contribution in [2.24, 2.45) is 17.8 Å². The molecule has 0 bridgehead atoms. The van der Waals surface area contributed by atoms with Crippen LogP contribution in [-0.4, -0.2) is 88.2 Å². The number of carbonyl (C=O) groups excluding carboxylic acids is 1. The first-order valence-electron chi connectivity index (χ1n) is 14.8. The molecule has 0 aromatic heterocycles. The van der Waals surface area contributed by atoms with Crippen molar-refractivity contribution < 1.29 is 42.0 Å². The van der Waals surface area contributed by atoms with Gasteiger partial charge in [0.25, 0.3) is 0 Å². The van der Waals surface area contributed by atoms with E-state index in [0.717, 1.165) is 12.0 Å². The summed E-state index contributed by atoms with van der Waals surface area (Å²) < 4.78 is 57.2. The monoisotopic (exact) mass is 618 g/mol. The van der Waals surface area contributed by atoms with Crippen LogP contribution >= 0.6 is 0 Å². The van der Waals surface area contributed by atoms with Crippen LogP contribution < -0.4 is 10.1 Å². The number of aliphatic hydroxyl groups excluding tert-OH is 1. The van der Waals surface area contributed by atoms with E-state index in [0.29, 0.717) is 17.9 Å². The third-order valence-electron chi connectivity index (χ3n) is 8.30. The Morgan fingerprint density at radius 3 is 2.58 bits per heavy atom. The van der Waals surface area contributed by atoms with E-state index < -0.39 is 40.7 Å². The van der Waals surface area contributed by atoms with Gasteiger partial charge in [0, 0.05) is 19.0 Å². The molecule has 236 valence electrons. The second-order valence-electron chi connectivity index (χ2n) is 11.9. The normalized spacial score (nSPS) is 26.3. The Labute approximate surface area is 253 Å². The molecule has 1 amide bonds. The van der Waals surface area contributed by atoms with E-state index >= 15 is 0 Å². The molecule has 3 aliphatic heterocycles. The maximum Gasteiger partial charge on any atom is 0.407 e. The summed E-state index contributed by atoms with van der Waals surface area (Å²) in [6.45, 7) is 6.35. The second-order valence-corrected chi connectivity index (χ2v) is 13.8. The SMILES string of the molecule is COc1ccc(S(=O)(=O)N(CC(C)C)C[C@@H](O)[C@H](Cc2ccccc2)NC(=O)O[C@@H]2CO[C@@H]3O[C@H]4OCC[C@H]4[C@@H]32)cc1C. The van der Waals surface area contributed by atoms with Gasteiger partial charge in [-0.15, -0.1) is 0 Å². The number of amides is 1. The van der Waals surface area contributed by atoms with Gasteiger partial charge in [0.1, 0.15) is 11.9 Å². The number of nitrogens with one attached hydrogen (secondary N) is 1. The summed E-state index contributed by atoms with van der Waals surface area (Å²) >= 11 is 0. The molecule has 0 unspecified atom stereocenters. The van der Waals surface area contributed by atoms with Crippen LogP contribution in [0.15, 0.2) is 53.4 Å². The number of hydrogen-bond donors (Lipinski definition) is 2. The van der Waals surface area contributed by atoms with E-state index in [9.17, 15) is 18.3 Å². The molecule has 2 N–H and O–H groups in total. The number of sulfonamides is 1. The van der Waals surface area contributed by atoms with Gasteiger partial charge in [0.05, 0.1) is 43.3 Å². The predicted octanol–water partition coefficient (Wildman–Crippen LogP) is 3.08. The Kier molecular flexibility index (Phi) is 9.94. The Balaban J connectivity index is 1.33. The lowest BCUT2D eigenvalue weighted by atomic mass is 9.89. The summed E-state index contributed by atoms with van der Waals surface area (Å²) in [5, 5.41) is 14.4. The number of ether oxygens (including phenoxy) is 5. The largest absolute Gasteiger partial charge is 0.496 e. The topological polar surface area (TPSA) is 133 Å². The van der Waals surface area contributed by atoms with Crippen LogP contribution in [0.2, 0.25) is 0 Å². The van der Waals surface area contributed by atoms with Crippen LogP contribution in [0.3, 0.4) is 0 Å². The average molecular weight is 619 g/mol. The summed E-state index contributed by atoms with van der Waals surface area (Å²) in [6.07, 6.45) is -2.22. The van der Waals surface area contributed by atoms with Crippen molar-refractivity contribution >= 4 is 16.1 Å². The number of alkyl carbamates (subject to hydrolysis) is 1. The fourth-order valence-electron chi connectivity index (χ4n) is 6.18. The number of aliphatic hydroxyl groups is 1. The van der Waals surface area contributed by atoms with Crippen molar-refractivity contribution in [2.75, 3.05) is 33.4 Å². The molecule has 0 radical (unpaired) electrons. The molecule has 2 aromatic rings. The van der Waals surface area contributed by atoms with Gasteiger partial charge < -0.3 is 34.1 Å².